The highest BCUT2D eigenvalue weighted by Crippen LogP contribution is 2.19. The van der Waals surface area contributed by atoms with Crippen LogP contribution < -0.4 is 4.57 Å². The van der Waals surface area contributed by atoms with Crippen molar-refractivity contribution in [3.8, 4) is 11.1 Å². The Morgan fingerprint density at radius 2 is 1.64 bits per heavy atom. The predicted octanol–water partition coefficient (Wildman–Crippen LogP) is 3.17. The van der Waals surface area contributed by atoms with Gasteiger partial charge >= 0.3 is 0 Å². The Labute approximate surface area is 130 Å². The summed E-state index contributed by atoms with van der Waals surface area (Å²) in [6.07, 6.45) is 3.90. The lowest BCUT2D eigenvalue weighted by atomic mass is 10.0. The molecule has 0 aliphatic carbocycles. The lowest BCUT2D eigenvalue weighted by Gasteiger charge is -2.04. The minimum Gasteiger partial charge on any atom is -0.290 e. The number of aromatic nitrogens is 2. The molecule has 1 heterocycles. The van der Waals surface area contributed by atoms with Gasteiger partial charge < -0.3 is 0 Å². The molecule has 0 saturated heterocycles. The second-order valence-corrected chi connectivity index (χ2v) is 5.45. The summed E-state index contributed by atoms with van der Waals surface area (Å²) in [7, 11) is 1.98. The summed E-state index contributed by atoms with van der Waals surface area (Å²) >= 11 is 0. The molecule has 3 aromatic rings. The fourth-order valence-electron chi connectivity index (χ4n) is 2.49. The molecule has 0 aliphatic heterocycles. The van der Waals surface area contributed by atoms with E-state index in [2.05, 4.69) is 12.1 Å². The van der Waals surface area contributed by atoms with Crippen molar-refractivity contribution in [2.45, 2.75) is 13.5 Å². The number of benzene rings is 2. The Bertz CT molecular complexity index is 786. The molecule has 110 valence electrons. The van der Waals surface area contributed by atoms with Crippen molar-refractivity contribution in [1.29, 1.82) is 0 Å². The third-order valence-electron chi connectivity index (χ3n) is 4.02. The first kappa shape index (κ1) is 14.3. The fraction of sp³-hybridized carbons (Fsp3) is 0.158. The number of ketones is 1. The lowest BCUT2D eigenvalue weighted by molar-refractivity contribution is -0.677. The number of rotatable bonds is 4. The van der Waals surface area contributed by atoms with E-state index >= 15 is 0 Å². The molecule has 0 bridgehead atoms. The van der Waals surface area contributed by atoms with E-state index in [1.807, 2.05) is 78.0 Å². The van der Waals surface area contributed by atoms with E-state index in [-0.39, 0.29) is 5.78 Å². The summed E-state index contributed by atoms with van der Waals surface area (Å²) in [5, 5.41) is 0. The van der Waals surface area contributed by atoms with Gasteiger partial charge in [0.1, 0.15) is 12.4 Å². The van der Waals surface area contributed by atoms with Crippen molar-refractivity contribution in [3.63, 3.8) is 0 Å². The molecule has 0 N–H and O–H groups in total. The van der Waals surface area contributed by atoms with Crippen LogP contribution in [0, 0.1) is 6.92 Å². The maximum atomic E-state index is 12.4. The van der Waals surface area contributed by atoms with Crippen LogP contribution in [0.3, 0.4) is 0 Å². The maximum Gasteiger partial charge on any atom is 0.253 e. The highest BCUT2D eigenvalue weighted by atomic mass is 16.1. The van der Waals surface area contributed by atoms with Gasteiger partial charge in [0.25, 0.3) is 5.82 Å². The number of hydrogen-bond acceptors (Lipinski definition) is 1. The molecule has 0 aliphatic rings. The van der Waals surface area contributed by atoms with Crippen LogP contribution in [0.4, 0.5) is 0 Å². The number of aryl methyl sites for hydroxylation is 1. The molecule has 3 heteroatoms. The van der Waals surface area contributed by atoms with Gasteiger partial charge in [-0.15, -0.1) is 0 Å². The molecule has 2 aromatic carbocycles. The average molecular weight is 291 g/mol. The fourth-order valence-corrected chi connectivity index (χ4v) is 2.49. The van der Waals surface area contributed by atoms with Crippen LogP contribution in [0.2, 0.25) is 0 Å². The van der Waals surface area contributed by atoms with E-state index in [1.54, 1.807) is 0 Å². The smallest absolute Gasteiger partial charge is 0.253 e. The molecule has 0 unspecified atom stereocenters. The number of imidazole rings is 1. The Kier molecular flexibility index (Phi) is 3.88. The molecule has 0 radical (unpaired) electrons. The van der Waals surface area contributed by atoms with Gasteiger partial charge in [-0.25, -0.2) is 9.13 Å². The number of carbonyl (C=O) groups is 1. The van der Waals surface area contributed by atoms with Crippen LogP contribution >= 0.6 is 0 Å². The van der Waals surface area contributed by atoms with Crippen molar-refractivity contribution in [2.75, 3.05) is 0 Å². The Balaban J connectivity index is 1.78. The Morgan fingerprint density at radius 3 is 2.23 bits per heavy atom. The highest BCUT2D eigenvalue weighted by molar-refractivity contribution is 5.96. The molecule has 0 saturated carbocycles. The van der Waals surface area contributed by atoms with Gasteiger partial charge in [-0.05, 0) is 11.1 Å². The number of Topliss-reactive ketones (excluding diaryl/α,β-unsaturated/α-hetero) is 1. The minimum absolute atomic E-state index is 0.124. The van der Waals surface area contributed by atoms with Gasteiger partial charge in [0.2, 0.25) is 5.78 Å². The van der Waals surface area contributed by atoms with Crippen molar-refractivity contribution in [1.82, 2.24) is 4.57 Å². The summed E-state index contributed by atoms with van der Waals surface area (Å²) in [4.78, 5) is 12.4. The van der Waals surface area contributed by atoms with E-state index in [0.29, 0.717) is 6.54 Å². The minimum atomic E-state index is 0.124. The first-order valence-corrected chi connectivity index (χ1v) is 7.35. The number of nitrogens with zero attached hydrogens (tertiary/aromatic N) is 2. The molecule has 0 atom stereocenters. The average Bonchev–Trinajstić information content (AvgIpc) is 2.88. The van der Waals surface area contributed by atoms with Crippen LogP contribution in [-0.2, 0) is 13.6 Å². The van der Waals surface area contributed by atoms with Gasteiger partial charge in [0, 0.05) is 12.5 Å². The van der Waals surface area contributed by atoms with Gasteiger partial charge in [-0.3, -0.25) is 4.79 Å². The Hall–Kier alpha value is -2.68. The summed E-state index contributed by atoms with van der Waals surface area (Å²) in [5.74, 6) is 1.19. The van der Waals surface area contributed by atoms with Gasteiger partial charge in [0.05, 0.1) is 7.05 Å². The molecule has 22 heavy (non-hydrogen) atoms. The molecule has 0 amide bonds. The van der Waals surface area contributed by atoms with Crippen LogP contribution in [-0.4, -0.2) is 10.4 Å². The van der Waals surface area contributed by atoms with E-state index < -0.39 is 0 Å². The predicted molar refractivity (Wildman–Crippen MR) is 86.6 cm³/mol. The van der Waals surface area contributed by atoms with E-state index in [9.17, 15) is 4.79 Å². The van der Waals surface area contributed by atoms with E-state index in [0.717, 1.165) is 22.5 Å². The van der Waals surface area contributed by atoms with Gasteiger partial charge in [-0.2, -0.15) is 0 Å². The zero-order valence-corrected chi connectivity index (χ0v) is 12.9. The van der Waals surface area contributed by atoms with Gasteiger partial charge in [0.15, 0.2) is 6.54 Å². The van der Waals surface area contributed by atoms with E-state index in [1.165, 1.54) is 0 Å². The number of carbonyl (C=O) groups excluding carboxylic acids is 1. The van der Waals surface area contributed by atoms with Crippen molar-refractivity contribution in [2.24, 2.45) is 7.05 Å². The standard InChI is InChI=1S/C19H19N2O/c1-15-20(2)12-13-21(15)14-19(22)18-10-8-17(9-11-18)16-6-4-3-5-7-16/h3-13H,14H2,1-2H3/q+1. The van der Waals surface area contributed by atoms with Crippen LogP contribution in [0.5, 0.6) is 0 Å². The van der Waals surface area contributed by atoms with Crippen molar-refractivity contribution >= 4 is 5.78 Å². The highest BCUT2D eigenvalue weighted by Gasteiger charge is 2.14. The molecule has 1 aromatic heterocycles. The molecular weight excluding hydrogens is 272 g/mol. The molecular formula is C19H19N2O+. The summed E-state index contributed by atoms with van der Waals surface area (Å²) in [5.41, 5.74) is 3.03. The van der Waals surface area contributed by atoms with Crippen molar-refractivity contribution < 1.29 is 9.36 Å². The summed E-state index contributed by atoms with van der Waals surface area (Å²) < 4.78 is 3.97. The SMILES string of the molecule is Cc1n(CC(=O)c2ccc(-c3ccccc3)cc2)cc[n+]1C. The Morgan fingerprint density at radius 1 is 1.00 bits per heavy atom. The lowest BCUT2D eigenvalue weighted by Crippen LogP contribution is -2.30. The molecule has 0 fully saturated rings. The topological polar surface area (TPSA) is 25.9 Å². The molecule has 0 spiro atoms. The summed E-state index contributed by atoms with van der Waals surface area (Å²) in [6, 6.07) is 18.0. The second kappa shape index (κ2) is 5.98. The van der Waals surface area contributed by atoms with E-state index in [4.69, 9.17) is 0 Å². The zero-order valence-electron chi connectivity index (χ0n) is 12.9. The van der Waals surface area contributed by atoms with Gasteiger partial charge in [-0.1, -0.05) is 54.6 Å². The largest absolute Gasteiger partial charge is 0.290 e. The third kappa shape index (κ3) is 2.84. The third-order valence-corrected chi connectivity index (χ3v) is 4.02. The maximum absolute atomic E-state index is 12.4. The summed E-state index contributed by atoms with van der Waals surface area (Å²) in [6.45, 7) is 2.38. The normalized spacial score (nSPS) is 10.6. The monoisotopic (exact) mass is 291 g/mol. The first-order valence-electron chi connectivity index (χ1n) is 7.35. The first-order chi connectivity index (χ1) is 10.6. The zero-order chi connectivity index (χ0) is 15.5. The quantitative estimate of drug-likeness (QED) is 0.535. The van der Waals surface area contributed by atoms with Crippen LogP contribution in [0.1, 0.15) is 16.2 Å². The van der Waals surface area contributed by atoms with Crippen LogP contribution in [0.15, 0.2) is 67.0 Å². The number of hydrogen-bond donors (Lipinski definition) is 0. The second-order valence-electron chi connectivity index (χ2n) is 5.45. The van der Waals surface area contributed by atoms with Crippen LogP contribution in [0.25, 0.3) is 11.1 Å². The molecule has 3 rings (SSSR count). The van der Waals surface area contributed by atoms with Crippen molar-refractivity contribution in [3.05, 3.63) is 78.4 Å². The molecule has 3 nitrogen and oxygen atoms in total.